The molecule has 0 bridgehead atoms. The van der Waals surface area contributed by atoms with Crippen molar-refractivity contribution in [3.63, 3.8) is 0 Å². The van der Waals surface area contributed by atoms with E-state index in [1.165, 1.54) is 24.5 Å². The fourth-order valence-corrected chi connectivity index (χ4v) is 10.4. The summed E-state index contributed by atoms with van der Waals surface area (Å²) in [4.78, 5) is 42.6. The molecule has 0 spiro atoms. The lowest BCUT2D eigenvalue weighted by Gasteiger charge is -2.43. The van der Waals surface area contributed by atoms with E-state index >= 15 is 0 Å². The normalized spacial score (nSPS) is 12.1. The number of aromatic nitrogens is 1. The predicted octanol–water partition coefficient (Wildman–Crippen LogP) is 5.39. The summed E-state index contributed by atoms with van der Waals surface area (Å²) in [6.07, 6.45) is 0.894. The van der Waals surface area contributed by atoms with E-state index in [0.29, 0.717) is 10.7 Å². The Bertz CT molecular complexity index is 1560. The van der Waals surface area contributed by atoms with E-state index in [1.807, 2.05) is 36.4 Å². The minimum Gasteiger partial charge on any atom is -0.467 e. The first kappa shape index (κ1) is 33.3. The Kier molecular flexibility index (Phi) is 11.1. The van der Waals surface area contributed by atoms with Crippen LogP contribution in [0.15, 0.2) is 103 Å². The molecule has 0 fully saturated rings. The van der Waals surface area contributed by atoms with Crippen LogP contribution in [0, 0.1) is 0 Å². The SMILES string of the molecule is C=CCOC(=O)Nc1ccc(-c2nc(C(=O)N[C@@H](CO[Si](c3ccccc3)(c3ccccc3)C(C)(C)C)C(=O)OC)cs2)cc1. The topological polar surface area (TPSA) is 116 Å². The largest absolute Gasteiger partial charge is 0.467 e. The molecule has 0 aliphatic carbocycles. The van der Waals surface area contributed by atoms with Crippen LogP contribution in [0.5, 0.6) is 0 Å². The van der Waals surface area contributed by atoms with E-state index in [4.69, 9.17) is 13.9 Å². The number of benzene rings is 3. The zero-order valence-electron chi connectivity index (χ0n) is 25.7. The molecule has 3 aromatic carbocycles. The lowest BCUT2D eigenvalue weighted by Crippen LogP contribution is -2.67. The van der Waals surface area contributed by atoms with Gasteiger partial charge < -0.3 is 19.2 Å². The molecule has 0 aliphatic heterocycles. The zero-order valence-corrected chi connectivity index (χ0v) is 27.6. The first-order chi connectivity index (χ1) is 21.6. The molecule has 2 amide bonds. The van der Waals surface area contributed by atoms with Gasteiger partial charge in [-0.1, -0.05) is 94.1 Å². The van der Waals surface area contributed by atoms with Crippen molar-refractivity contribution in [2.45, 2.75) is 31.9 Å². The summed E-state index contributed by atoms with van der Waals surface area (Å²) in [5, 5.41) is 9.42. The number of amides is 2. The van der Waals surface area contributed by atoms with E-state index in [1.54, 1.807) is 29.6 Å². The third kappa shape index (κ3) is 7.93. The quantitative estimate of drug-likeness (QED) is 0.121. The van der Waals surface area contributed by atoms with Crippen LogP contribution >= 0.6 is 11.3 Å². The second kappa shape index (κ2) is 14.9. The van der Waals surface area contributed by atoms with Crippen molar-refractivity contribution >= 4 is 53.7 Å². The van der Waals surface area contributed by atoms with Crippen molar-refractivity contribution in [3.8, 4) is 10.6 Å². The van der Waals surface area contributed by atoms with Crippen molar-refractivity contribution in [1.29, 1.82) is 0 Å². The number of nitrogens with zero attached hydrogens (tertiary/aromatic N) is 1. The van der Waals surface area contributed by atoms with E-state index in [2.05, 4.69) is 67.2 Å². The van der Waals surface area contributed by atoms with Gasteiger partial charge in [-0.05, 0) is 39.7 Å². The van der Waals surface area contributed by atoms with Gasteiger partial charge in [0.05, 0.1) is 13.7 Å². The van der Waals surface area contributed by atoms with Crippen LogP contribution in [0.2, 0.25) is 5.04 Å². The molecule has 0 radical (unpaired) electrons. The number of rotatable bonds is 12. The van der Waals surface area contributed by atoms with Crippen molar-refractivity contribution in [2.75, 3.05) is 25.6 Å². The molecule has 1 aromatic heterocycles. The molecular formula is C34H37N3O6SSi. The van der Waals surface area contributed by atoms with Gasteiger partial charge in [0.15, 0.2) is 0 Å². The number of hydrogen-bond acceptors (Lipinski definition) is 8. The smallest absolute Gasteiger partial charge is 0.411 e. The molecule has 2 N–H and O–H groups in total. The van der Waals surface area contributed by atoms with Gasteiger partial charge in [-0.25, -0.2) is 14.6 Å². The third-order valence-electron chi connectivity index (χ3n) is 7.12. The molecule has 4 rings (SSSR count). The van der Waals surface area contributed by atoms with Gasteiger partial charge in [0.25, 0.3) is 14.2 Å². The Morgan fingerprint density at radius 2 is 1.56 bits per heavy atom. The average Bonchev–Trinajstić information content (AvgIpc) is 3.54. The van der Waals surface area contributed by atoms with Crippen LogP contribution < -0.4 is 21.0 Å². The van der Waals surface area contributed by atoms with Crippen molar-refractivity contribution in [1.82, 2.24) is 10.3 Å². The maximum atomic E-state index is 13.4. The monoisotopic (exact) mass is 643 g/mol. The number of methoxy groups -OCH3 is 1. The Balaban J connectivity index is 1.53. The first-order valence-corrected chi connectivity index (χ1v) is 17.1. The number of nitrogens with one attached hydrogen (secondary N) is 2. The fraction of sp³-hybridized carbons (Fsp3) is 0.235. The predicted molar refractivity (Wildman–Crippen MR) is 180 cm³/mol. The maximum Gasteiger partial charge on any atom is 0.411 e. The summed E-state index contributed by atoms with van der Waals surface area (Å²) in [7, 11) is -1.69. The number of hydrogen-bond donors (Lipinski definition) is 2. The molecule has 11 heteroatoms. The van der Waals surface area contributed by atoms with E-state index < -0.39 is 32.3 Å². The number of ether oxygens (including phenoxy) is 2. The van der Waals surface area contributed by atoms with Crippen molar-refractivity contribution < 1.29 is 28.3 Å². The Morgan fingerprint density at radius 1 is 0.956 bits per heavy atom. The summed E-state index contributed by atoms with van der Waals surface area (Å²) in [5.74, 6) is -1.14. The lowest BCUT2D eigenvalue weighted by molar-refractivity contribution is -0.143. The number of anilines is 1. The van der Waals surface area contributed by atoms with Crippen LogP contribution in [-0.4, -0.2) is 57.6 Å². The molecule has 9 nitrogen and oxygen atoms in total. The molecular weight excluding hydrogens is 607 g/mol. The summed E-state index contributed by atoms with van der Waals surface area (Å²) in [5.41, 5.74) is 1.46. The number of esters is 1. The van der Waals surface area contributed by atoms with Crippen LogP contribution in [0.3, 0.4) is 0 Å². The van der Waals surface area contributed by atoms with E-state index in [-0.39, 0.29) is 23.9 Å². The van der Waals surface area contributed by atoms with E-state index in [9.17, 15) is 14.4 Å². The highest BCUT2D eigenvalue weighted by Crippen LogP contribution is 2.37. The van der Waals surface area contributed by atoms with Gasteiger partial charge in [0.1, 0.15) is 23.4 Å². The highest BCUT2D eigenvalue weighted by Gasteiger charge is 2.50. The van der Waals surface area contributed by atoms with Gasteiger partial charge in [-0.2, -0.15) is 0 Å². The molecule has 1 atom stereocenters. The van der Waals surface area contributed by atoms with Crippen molar-refractivity contribution in [2.24, 2.45) is 0 Å². The maximum absolute atomic E-state index is 13.4. The highest BCUT2D eigenvalue weighted by molar-refractivity contribution is 7.13. The summed E-state index contributed by atoms with van der Waals surface area (Å²) in [6.45, 7) is 9.94. The minimum atomic E-state index is -2.97. The van der Waals surface area contributed by atoms with Gasteiger partial charge in [-0.15, -0.1) is 11.3 Å². The van der Waals surface area contributed by atoms with Crippen LogP contribution in [0.25, 0.3) is 10.6 Å². The van der Waals surface area contributed by atoms with Crippen molar-refractivity contribution in [3.05, 3.63) is 109 Å². The molecule has 45 heavy (non-hydrogen) atoms. The molecule has 0 saturated heterocycles. The summed E-state index contributed by atoms with van der Waals surface area (Å²) in [6, 6.07) is 26.0. The van der Waals surface area contributed by atoms with Crippen LogP contribution in [-0.2, 0) is 18.7 Å². The first-order valence-electron chi connectivity index (χ1n) is 14.3. The lowest BCUT2D eigenvalue weighted by atomic mass is 10.2. The number of carbonyl (C=O) groups excluding carboxylic acids is 3. The Labute approximate surface area is 268 Å². The standard InChI is InChI=1S/C34H37N3O6SSi/c1-6-21-42-33(40)35-25-19-17-24(18-20-25)31-37-29(23-44-31)30(38)36-28(32(39)41-5)22-43-45(34(2,3)4,26-13-9-7-10-14-26)27-15-11-8-12-16-27/h6-20,23,28H,1,21-22H2,2-5H3,(H,35,40)(H,36,38)/t28-/m0/s1. The molecule has 4 aromatic rings. The number of carbonyl (C=O) groups is 3. The fourth-order valence-electron chi connectivity index (χ4n) is 5.01. The molecule has 0 unspecified atom stereocenters. The zero-order chi connectivity index (χ0) is 32.5. The number of thiazole rings is 1. The molecule has 1 heterocycles. The summed E-state index contributed by atoms with van der Waals surface area (Å²) < 4.78 is 16.9. The van der Waals surface area contributed by atoms with Gasteiger partial charge in [0.2, 0.25) is 0 Å². The third-order valence-corrected chi connectivity index (χ3v) is 13.0. The molecule has 0 aliphatic rings. The van der Waals surface area contributed by atoms with E-state index in [0.717, 1.165) is 15.9 Å². The second-order valence-corrected chi connectivity index (χ2v) is 16.3. The Hall–Kier alpha value is -4.58. The van der Waals surface area contributed by atoms with Gasteiger partial charge >= 0.3 is 12.1 Å². The van der Waals surface area contributed by atoms with Gasteiger partial charge in [-0.3, -0.25) is 10.1 Å². The average molecular weight is 644 g/mol. The molecule has 0 saturated carbocycles. The highest BCUT2D eigenvalue weighted by atomic mass is 32.1. The van der Waals surface area contributed by atoms with Crippen LogP contribution in [0.1, 0.15) is 31.3 Å². The second-order valence-electron chi connectivity index (χ2n) is 11.2. The van der Waals surface area contributed by atoms with Gasteiger partial charge in [0, 0.05) is 16.6 Å². The molecule has 234 valence electrons. The van der Waals surface area contributed by atoms with Crippen LogP contribution in [0.4, 0.5) is 10.5 Å². The summed E-state index contributed by atoms with van der Waals surface area (Å²) >= 11 is 1.28. The Morgan fingerprint density at radius 3 is 2.09 bits per heavy atom. The minimum absolute atomic E-state index is 0.0909.